The van der Waals surface area contributed by atoms with Gasteiger partial charge in [-0.05, 0) is 6.42 Å². The van der Waals surface area contributed by atoms with Crippen molar-refractivity contribution in [3.8, 4) is 0 Å². The summed E-state index contributed by atoms with van der Waals surface area (Å²) in [7, 11) is -3.91. The topological polar surface area (TPSA) is 96.2 Å². The predicted octanol–water partition coefficient (Wildman–Crippen LogP) is 0.543. The Labute approximate surface area is 81.6 Å². The summed E-state index contributed by atoms with van der Waals surface area (Å²) in [4.78, 5) is 28.8. The summed E-state index contributed by atoms with van der Waals surface area (Å²) < 4.78 is 10.6. The summed E-state index contributed by atoms with van der Waals surface area (Å²) in [6, 6.07) is 0. The van der Waals surface area contributed by atoms with Gasteiger partial charge in [0.2, 0.25) is 0 Å². The van der Waals surface area contributed by atoms with Crippen molar-refractivity contribution in [2.45, 2.75) is 19.3 Å². The molecule has 6 nitrogen and oxygen atoms in total. The highest BCUT2D eigenvalue weighted by Gasteiger charge is 2.16. The van der Waals surface area contributed by atoms with Crippen LogP contribution in [0.4, 0.5) is 0 Å². The molecule has 0 spiro atoms. The monoisotopic (exact) mass is 217 g/mol. The molecule has 0 saturated heterocycles. The van der Waals surface area contributed by atoms with E-state index in [1.165, 1.54) is 12.7 Å². The summed E-state index contributed by atoms with van der Waals surface area (Å²) in [6.07, 6.45) is 2.97. The smallest absolute Gasteiger partial charge is 0.324 e. The second-order valence-corrected chi connectivity index (χ2v) is 4.85. The minimum Gasteiger partial charge on any atom is -0.324 e. The second-order valence-electron chi connectivity index (χ2n) is 3.07. The number of hydrogen-bond donors (Lipinski definition) is 2. The molecule has 1 unspecified atom stereocenters. The Morgan fingerprint density at radius 2 is 2.00 bits per heavy atom. The van der Waals surface area contributed by atoms with Gasteiger partial charge in [0.25, 0.3) is 0 Å². The molecule has 1 atom stereocenters. The van der Waals surface area contributed by atoms with Crippen LogP contribution in [0.25, 0.3) is 0 Å². The van der Waals surface area contributed by atoms with Crippen LogP contribution >= 0.6 is 7.60 Å². The summed E-state index contributed by atoms with van der Waals surface area (Å²) in [5.41, 5.74) is 0. The summed E-state index contributed by atoms with van der Waals surface area (Å²) in [5, 5.41) is 0. The fourth-order valence-electron chi connectivity index (χ4n) is 0.994. The van der Waals surface area contributed by atoms with Crippen LogP contribution in [0.2, 0.25) is 0 Å². The molecule has 0 aromatic carbocycles. The van der Waals surface area contributed by atoms with Crippen molar-refractivity contribution in [1.82, 2.24) is 15.0 Å². The van der Waals surface area contributed by atoms with E-state index in [9.17, 15) is 4.57 Å². The maximum atomic E-state index is 10.6. The molecule has 1 aromatic heterocycles. The van der Waals surface area contributed by atoms with Gasteiger partial charge in [-0.3, -0.25) is 4.57 Å². The normalized spacial score (nSPS) is 13.9. The first-order valence-electron chi connectivity index (χ1n) is 4.15. The predicted molar refractivity (Wildman–Crippen MR) is 49.8 cm³/mol. The van der Waals surface area contributed by atoms with Crippen molar-refractivity contribution in [3.05, 3.63) is 18.5 Å². The maximum Gasteiger partial charge on any atom is 0.325 e. The second kappa shape index (κ2) is 4.59. The highest BCUT2D eigenvalue weighted by atomic mass is 31.2. The Morgan fingerprint density at radius 1 is 1.43 bits per heavy atom. The molecular weight excluding hydrogens is 205 g/mol. The zero-order valence-corrected chi connectivity index (χ0v) is 8.63. The summed E-state index contributed by atoms with van der Waals surface area (Å²) in [5.74, 6) is 0.499. The molecule has 0 bridgehead atoms. The van der Waals surface area contributed by atoms with E-state index in [1.807, 2.05) is 6.92 Å². The molecule has 7 heteroatoms. The molecule has 0 saturated carbocycles. The van der Waals surface area contributed by atoms with E-state index < -0.39 is 7.60 Å². The van der Waals surface area contributed by atoms with E-state index in [0.29, 0.717) is 12.2 Å². The van der Waals surface area contributed by atoms with E-state index in [4.69, 9.17) is 9.79 Å². The van der Waals surface area contributed by atoms with Crippen LogP contribution in [0.1, 0.15) is 25.1 Å². The fourth-order valence-corrected chi connectivity index (χ4v) is 1.72. The molecule has 1 heterocycles. The summed E-state index contributed by atoms with van der Waals surface area (Å²) >= 11 is 0. The average Bonchev–Trinajstić information content (AvgIpc) is 2.14. The first-order chi connectivity index (χ1) is 6.49. The van der Waals surface area contributed by atoms with Gasteiger partial charge in [-0.1, -0.05) is 6.92 Å². The van der Waals surface area contributed by atoms with Gasteiger partial charge >= 0.3 is 7.60 Å². The Bertz CT molecular complexity index is 326. The molecule has 1 rings (SSSR count). The highest BCUT2D eigenvalue weighted by Crippen LogP contribution is 2.37. The van der Waals surface area contributed by atoms with Crippen molar-refractivity contribution in [3.63, 3.8) is 0 Å². The van der Waals surface area contributed by atoms with E-state index >= 15 is 0 Å². The van der Waals surface area contributed by atoms with E-state index in [-0.39, 0.29) is 12.1 Å². The fraction of sp³-hybridized carbons (Fsp3) is 0.571. The largest absolute Gasteiger partial charge is 0.325 e. The molecule has 0 fully saturated rings. The van der Waals surface area contributed by atoms with Gasteiger partial charge in [-0.25, -0.2) is 15.0 Å². The van der Waals surface area contributed by atoms with Gasteiger partial charge in [-0.15, -0.1) is 0 Å². The molecule has 1 aromatic rings. The van der Waals surface area contributed by atoms with Crippen molar-refractivity contribution in [2.24, 2.45) is 0 Å². The first-order valence-corrected chi connectivity index (χ1v) is 5.95. The third-order valence-corrected chi connectivity index (χ3v) is 2.65. The third kappa shape index (κ3) is 3.91. The lowest BCUT2D eigenvalue weighted by Gasteiger charge is -2.09. The van der Waals surface area contributed by atoms with Crippen molar-refractivity contribution in [1.29, 1.82) is 0 Å². The molecule has 0 aliphatic heterocycles. The standard InChI is InChI=1S/C7H12N3O3P/c1-6(2-3-14(11,12)13)7-9-4-8-5-10-7/h4-6H,2-3H2,1H3,(H2,11,12,13). The number of aromatic nitrogens is 3. The highest BCUT2D eigenvalue weighted by molar-refractivity contribution is 7.51. The molecular formula is C7H12N3O3P. The van der Waals surface area contributed by atoms with Gasteiger partial charge in [0, 0.05) is 5.92 Å². The first kappa shape index (κ1) is 11.2. The van der Waals surface area contributed by atoms with Gasteiger partial charge in [-0.2, -0.15) is 0 Å². The van der Waals surface area contributed by atoms with Crippen LogP contribution in [-0.2, 0) is 4.57 Å². The minimum atomic E-state index is -3.91. The van der Waals surface area contributed by atoms with Crippen molar-refractivity contribution < 1.29 is 14.4 Å². The van der Waals surface area contributed by atoms with E-state index in [1.54, 1.807) is 0 Å². The molecule has 0 aliphatic carbocycles. The molecule has 0 amide bonds. The zero-order chi connectivity index (χ0) is 10.6. The lowest BCUT2D eigenvalue weighted by Crippen LogP contribution is -2.03. The molecule has 0 aliphatic rings. The molecule has 2 N–H and O–H groups in total. The van der Waals surface area contributed by atoms with Crippen LogP contribution in [0, 0.1) is 0 Å². The Balaban J connectivity index is 2.52. The van der Waals surface area contributed by atoms with Crippen molar-refractivity contribution in [2.75, 3.05) is 6.16 Å². The quantitative estimate of drug-likeness (QED) is 0.714. The Hall–Kier alpha value is -0.840. The van der Waals surface area contributed by atoms with E-state index in [0.717, 1.165) is 0 Å². The lowest BCUT2D eigenvalue weighted by atomic mass is 10.1. The van der Waals surface area contributed by atoms with Crippen LogP contribution in [-0.4, -0.2) is 30.9 Å². The molecule has 0 radical (unpaired) electrons. The zero-order valence-electron chi connectivity index (χ0n) is 7.74. The lowest BCUT2D eigenvalue weighted by molar-refractivity contribution is 0.369. The van der Waals surface area contributed by atoms with Crippen LogP contribution in [0.15, 0.2) is 12.7 Å². The Morgan fingerprint density at radius 3 is 2.50 bits per heavy atom. The molecule has 14 heavy (non-hydrogen) atoms. The van der Waals surface area contributed by atoms with Crippen LogP contribution in [0.3, 0.4) is 0 Å². The maximum absolute atomic E-state index is 10.6. The molecule has 78 valence electrons. The van der Waals surface area contributed by atoms with E-state index in [2.05, 4.69) is 15.0 Å². The van der Waals surface area contributed by atoms with Crippen LogP contribution in [0.5, 0.6) is 0 Å². The number of nitrogens with zero attached hydrogens (tertiary/aromatic N) is 3. The summed E-state index contributed by atoms with van der Waals surface area (Å²) in [6.45, 7) is 1.82. The van der Waals surface area contributed by atoms with Gasteiger partial charge in [0.1, 0.15) is 18.5 Å². The van der Waals surface area contributed by atoms with Gasteiger partial charge in [0.15, 0.2) is 0 Å². The Kier molecular flexibility index (Phi) is 3.69. The average molecular weight is 217 g/mol. The van der Waals surface area contributed by atoms with Gasteiger partial charge < -0.3 is 9.79 Å². The van der Waals surface area contributed by atoms with Crippen LogP contribution < -0.4 is 0 Å². The van der Waals surface area contributed by atoms with Crippen molar-refractivity contribution >= 4 is 7.60 Å². The minimum absolute atomic E-state index is 0.0642. The SMILES string of the molecule is CC(CCP(=O)(O)O)c1ncncn1. The van der Waals surface area contributed by atoms with Gasteiger partial charge in [0.05, 0.1) is 6.16 Å². The third-order valence-electron chi connectivity index (χ3n) is 1.81. The number of hydrogen-bond acceptors (Lipinski definition) is 4. The number of rotatable bonds is 4.